The fourth-order valence-corrected chi connectivity index (χ4v) is 2.36. The molecular formula is C13H20N4O. The van der Waals surface area contributed by atoms with Gasteiger partial charge in [0, 0.05) is 12.7 Å². The lowest BCUT2D eigenvalue weighted by Gasteiger charge is -2.21. The minimum absolute atomic E-state index is 0.127. The Balaban J connectivity index is 1.86. The van der Waals surface area contributed by atoms with Gasteiger partial charge in [-0.1, -0.05) is 19.3 Å². The molecule has 1 aromatic heterocycles. The van der Waals surface area contributed by atoms with Gasteiger partial charge in [0.15, 0.2) is 0 Å². The van der Waals surface area contributed by atoms with Gasteiger partial charge in [-0.05, 0) is 30.9 Å². The number of pyridine rings is 1. The second-order valence-electron chi connectivity index (χ2n) is 4.79. The van der Waals surface area contributed by atoms with Crippen molar-refractivity contribution in [2.45, 2.75) is 32.1 Å². The van der Waals surface area contributed by atoms with E-state index >= 15 is 0 Å². The van der Waals surface area contributed by atoms with Gasteiger partial charge in [-0.3, -0.25) is 15.6 Å². The van der Waals surface area contributed by atoms with Crippen LogP contribution in [0.2, 0.25) is 0 Å². The third kappa shape index (κ3) is 3.43. The number of amides is 1. The van der Waals surface area contributed by atoms with Crippen molar-refractivity contribution in [2.75, 3.05) is 12.0 Å². The predicted octanol–water partition coefficient (Wildman–Crippen LogP) is 1.68. The summed E-state index contributed by atoms with van der Waals surface area (Å²) in [7, 11) is 0. The van der Waals surface area contributed by atoms with E-state index in [0.717, 1.165) is 6.54 Å². The van der Waals surface area contributed by atoms with Crippen LogP contribution in [-0.4, -0.2) is 17.4 Å². The van der Waals surface area contributed by atoms with Gasteiger partial charge in [-0.2, -0.15) is 0 Å². The first kappa shape index (κ1) is 12.8. The lowest BCUT2D eigenvalue weighted by atomic mass is 9.89. The van der Waals surface area contributed by atoms with Crippen molar-refractivity contribution < 1.29 is 4.79 Å². The molecule has 1 saturated carbocycles. The third-order valence-corrected chi connectivity index (χ3v) is 3.44. The van der Waals surface area contributed by atoms with Gasteiger partial charge in [0.1, 0.15) is 5.69 Å². The molecule has 5 heteroatoms. The normalized spacial score (nSPS) is 16.3. The van der Waals surface area contributed by atoms with E-state index in [4.69, 9.17) is 5.84 Å². The van der Waals surface area contributed by atoms with Crippen molar-refractivity contribution >= 4 is 11.6 Å². The number of aromatic nitrogens is 1. The van der Waals surface area contributed by atoms with Crippen LogP contribution in [0.1, 0.15) is 42.6 Å². The second-order valence-corrected chi connectivity index (χ2v) is 4.79. The summed E-state index contributed by atoms with van der Waals surface area (Å²) in [5.74, 6) is 5.80. The van der Waals surface area contributed by atoms with E-state index in [1.54, 1.807) is 18.3 Å². The summed E-state index contributed by atoms with van der Waals surface area (Å²) in [5, 5.41) is 2.95. The quantitative estimate of drug-likeness (QED) is 0.559. The molecule has 5 nitrogen and oxygen atoms in total. The second kappa shape index (κ2) is 6.35. The number of hydrogen-bond acceptors (Lipinski definition) is 4. The van der Waals surface area contributed by atoms with E-state index in [2.05, 4.69) is 15.7 Å². The van der Waals surface area contributed by atoms with Gasteiger partial charge in [0.2, 0.25) is 0 Å². The Bertz CT molecular complexity index is 402. The Morgan fingerprint density at radius 1 is 1.39 bits per heavy atom. The van der Waals surface area contributed by atoms with Crippen LogP contribution in [0.5, 0.6) is 0 Å². The molecule has 0 atom stereocenters. The SMILES string of the molecule is NNc1ccnc(C(=O)NCC2CCCCC2)c1. The molecule has 4 N–H and O–H groups in total. The standard InChI is InChI=1S/C13H20N4O/c14-17-11-6-7-15-12(8-11)13(18)16-9-10-4-2-1-3-5-10/h6-8,10H,1-5,9,14H2,(H,15,17)(H,16,18). The summed E-state index contributed by atoms with van der Waals surface area (Å²) in [4.78, 5) is 16.0. The summed E-state index contributed by atoms with van der Waals surface area (Å²) in [6.45, 7) is 0.751. The minimum atomic E-state index is -0.127. The van der Waals surface area contributed by atoms with Crippen molar-refractivity contribution in [3.05, 3.63) is 24.0 Å². The smallest absolute Gasteiger partial charge is 0.269 e. The topological polar surface area (TPSA) is 80.0 Å². The van der Waals surface area contributed by atoms with Crippen molar-refractivity contribution in [2.24, 2.45) is 11.8 Å². The minimum Gasteiger partial charge on any atom is -0.350 e. The lowest BCUT2D eigenvalue weighted by Crippen LogP contribution is -2.30. The summed E-state index contributed by atoms with van der Waals surface area (Å²) < 4.78 is 0. The van der Waals surface area contributed by atoms with Gasteiger partial charge < -0.3 is 10.7 Å². The number of carbonyl (C=O) groups is 1. The van der Waals surface area contributed by atoms with E-state index in [0.29, 0.717) is 17.3 Å². The first-order valence-corrected chi connectivity index (χ1v) is 6.50. The van der Waals surface area contributed by atoms with Gasteiger partial charge in [-0.25, -0.2) is 0 Å². The fraction of sp³-hybridized carbons (Fsp3) is 0.538. The number of nitrogens with one attached hydrogen (secondary N) is 2. The van der Waals surface area contributed by atoms with Crippen LogP contribution in [0.25, 0.3) is 0 Å². The monoisotopic (exact) mass is 248 g/mol. The van der Waals surface area contributed by atoms with Gasteiger partial charge >= 0.3 is 0 Å². The molecule has 1 aliphatic carbocycles. The van der Waals surface area contributed by atoms with Crippen LogP contribution >= 0.6 is 0 Å². The molecule has 1 fully saturated rings. The highest BCUT2D eigenvalue weighted by atomic mass is 16.1. The van der Waals surface area contributed by atoms with Crippen molar-refractivity contribution in [3.63, 3.8) is 0 Å². The Morgan fingerprint density at radius 3 is 2.89 bits per heavy atom. The number of anilines is 1. The van der Waals surface area contributed by atoms with E-state index in [-0.39, 0.29) is 5.91 Å². The number of nitrogens with two attached hydrogens (primary N) is 1. The first-order valence-electron chi connectivity index (χ1n) is 6.50. The number of rotatable bonds is 4. The average Bonchev–Trinajstić information content (AvgIpc) is 2.46. The van der Waals surface area contributed by atoms with E-state index < -0.39 is 0 Å². The molecule has 0 unspecified atom stereocenters. The highest BCUT2D eigenvalue weighted by Crippen LogP contribution is 2.22. The van der Waals surface area contributed by atoms with E-state index in [1.165, 1.54) is 32.1 Å². The highest BCUT2D eigenvalue weighted by molar-refractivity contribution is 5.93. The molecule has 1 amide bonds. The van der Waals surface area contributed by atoms with Crippen molar-refractivity contribution in [1.82, 2.24) is 10.3 Å². The first-order chi connectivity index (χ1) is 8.79. The number of hydrazine groups is 1. The van der Waals surface area contributed by atoms with Crippen LogP contribution < -0.4 is 16.6 Å². The maximum Gasteiger partial charge on any atom is 0.269 e. The zero-order valence-corrected chi connectivity index (χ0v) is 10.5. The highest BCUT2D eigenvalue weighted by Gasteiger charge is 2.15. The molecule has 98 valence electrons. The zero-order valence-electron chi connectivity index (χ0n) is 10.5. The number of nitrogens with zero attached hydrogens (tertiary/aromatic N) is 1. The maximum atomic E-state index is 11.9. The molecule has 0 radical (unpaired) electrons. The molecule has 0 aromatic carbocycles. The Morgan fingerprint density at radius 2 is 2.17 bits per heavy atom. The van der Waals surface area contributed by atoms with Crippen LogP contribution in [0, 0.1) is 5.92 Å². The number of hydrogen-bond donors (Lipinski definition) is 3. The van der Waals surface area contributed by atoms with Gasteiger partial charge in [0.25, 0.3) is 5.91 Å². The molecule has 1 heterocycles. The average molecular weight is 248 g/mol. The van der Waals surface area contributed by atoms with Gasteiger partial charge in [0.05, 0.1) is 5.69 Å². The Labute approximate surface area is 107 Å². The van der Waals surface area contributed by atoms with Crippen LogP contribution in [0.4, 0.5) is 5.69 Å². The molecule has 0 spiro atoms. The number of nitrogen functional groups attached to an aromatic ring is 1. The van der Waals surface area contributed by atoms with Crippen LogP contribution in [-0.2, 0) is 0 Å². The lowest BCUT2D eigenvalue weighted by molar-refractivity contribution is 0.0938. The van der Waals surface area contributed by atoms with Gasteiger partial charge in [-0.15, -0.1) is 0 Å². The molecule has 0 aliphatic heterocycles. The Kier molecular flexibility index (Phi) is 4.52. The molecule has 1 aromatic rings. The summed E-state index contributed by atoms with van der Waals surface area (Å²) >= 11 is 0. The Hall–Kier alpha value is -1.62. The molecule has 18 heavy (non-hydrogen) atoms. The zero-order chi connectivity index (χ0) is 12.8. The molecule has 0 saturated heterocycles. The maximum absolute atomic E-state index is 11.9. The molecular weight excluding hydrogens is 228 g/mol. The molecule has 0 bridgehead atoms. The summed E-state index contributed by atoms with van der Waals surface area (Å²) in [6.07, 6.45) is 7.91. The van der Waals surface area contributed by atoms with Crippen LogP contribution in [0.3, 0.4) is 0 Å². The van der Waals surface area contributed by atoms with E-state index in [9.17, 15) is 4.79 Å². The third-order valence-electron chi connectivity index (χ3n) is 3.44. The van der Waals surface area contributed by atoms with E-state index in [1.807, 2.05) is 0 Å². The fourth-order valence-electron chi connectivity index (χ4n) is 2.36. The number of carbonyl (C=O) groups excluding carboxylic acids is 1. The predicted molar refractivity (Wildman–Crippen MR) is 71.0 cm³/mol. The summed E-state index contributed by atoms with van der Waals surface area (Å²) in [5.41, 5.74) is 3.60. The summed E-state index contributed by atoms with van der Waals surface area (Å²) in [6, 6.07) is 3.37. The largest absolute Gasteiger partial charge is 0.350 e. The van der Waals surface area contributed by atoms with Crippen LogP contribution in [0.15, 0.2) is 18.3 Å². The van der Waals surface area contributed by atoms with Crippen molar-refractivity contribution in [1.29, 1.82) is 0 Å². The molecule has 1 aliphatic rings. The molecule has 2 rings (SSSR count). The van der Waals surface area contributed by atoms with Crippen molar-refractivity contribution in [3.8, 4) is 0 Å².